The highest BCUT2D eigenvalue weighted by Gasteiger charge is 2.40. The first-order valence-corrected chi connectivity index (χ1v) is 34.8. The van der Waals surface area contributed by atoms with Crippen LogP contribution < -0.4 is 0 Å². The van der Waals surface area contributed by atoms with Crippen molar-refractivity contribution in [2.24, 2.45) is 0 Å². The molecule has 0 saturated heterocycles. The Bertz CT molecular complexity index is 1150. The number of hydrogen-bond donors (Lipinski definition) is 1. The molecule has 2 rings (SSSR count). The smallest absolute Gasteiger partial charge is 0.286 e. The fraction of sp³-hybridized carbons (Fsp3) is 0.600. The summed E-state index contributed by atoms with van der Waals surface area (Å²) in [5.74, 6) is 0. The van der Waals surface area contributed by atoms with Gasteiger partial charge in [-0.15, -0.1) is 0 Å². The van der Waals surface area contributed by atoms with Gasteiger partial charge in [-0.2, -0.15) is 0 Å². The van der Waals surface area contributed by atoms with E-state index < -0.39 is 48.7 Å². The first-order valence-electron chi connectivity index (χ1n) is 17.1. The minimum absolute atomic E-state index is 0.0417. The van der Waals surface area contributed by atoms with Gasteiger partial charge in [0.1, 0.15) is 0 Å². The normalized spacial score (nSPS) is 15.0. The van der Waals surface area contributed by atoms with Crippen LogP contribution in [-0.4, -0.2) is 60.1 Å². The maximum atomic E-state index is 12.2. The van der Waals surface area contributed by atoms with Gasteiger partial charge in [-0.05, 0) is 102 Å². The van der Waals surface area contributed by atoms with Crippen LogP contribution in [0.5, 0.6) is 0 Å². The topological polar surface area (TPSA) is 72.8 Å². The number of allylic oxidation sites excluding steroid dienone is 1. The Kier molecular flexibility index (Phi) is 22.1. The number of hydrogen-bond acceptors (Lipinski definition) is 5. The molecule has 46 heavy (non-hydrogen) atoms. The molecule has 1 N–H and O–H groups in total. The molecule has 0 heterocycles. The van der Waals surface area contributed by atoms with E-state index in [4.69, 9.17) is 8.54 Å². The average molecular weight is 735 g/mol. The maximum absolute atomic E-state index is 12.2. The van der Waals surface area contributed by atoms with Gasteiger partial charge in [0.15, 0.2) is 16.6 Å². The molecule has 0 fully saturated rings. The van der Waals surface area contributed by atoms with Crippen LogP contribution in [0.3, 0.4) is 0 Å². The second-order valence-corrected chi connectivity index (χ2v) is 42.9. The van der Waals surface area contributed by atoms with Crippen molar-refractivity contribution >= 4 is 48.7 Å². The molecule has 0 aromatic heterocycles. The first kappa shape index (κ1) is 45.0. The van der Waals surface area contributed by atoms with Gasteiger partial charge in [0.2, 0.25) is 15.7 Å². The molecule has 0 radical (unpaired) electrons. The Hall–Kier alpha value is -1.04. The molecule has 0 amide bonds. The number of rotatable bonds is 17. The van der Waals surface area contributed by atoms with Crippen molar-refractivity contribution < 1.29 is 22.3 Å². The summed E-state index contributed by atoms with van der Waals surface area (Å²) in [7, 11) is -10.9. The number of aryl methyl sites for hydroxylation is 1. The van der Waals surface area contributed by atoms with E-state index in [1.54, 1.807) is 13.1 Å². The predicted molar refractivity (Wildman–Crippen MR) is 212 cm³/mol. The van der Waals surface area contributed by atoms with Crippen molar-refractivity contribution in [1.82, 2.24) is 0 Å². The van der Waals surface area contributed by atoms with Gasteiger partial charge >= 0.3 is 0 Å². The third-order valence-corrected chi connectivity index (χ3v) is 31.1. The van der Waals surface area contributed by atoms with E-state index >= 15 is 0 Å². The van der Waals surface area contributed by atoms with E-state index in [2.05, 4.69) is 95.2 Å². The zero-order valence-electron chi connectivity index (χ0n) is 31.2. The van der Waals surface area contributed by atoms with Crippen LogP contribution in [0.2, 0.25) is 71.5 Å². The zero-order valence-corrected chi connectivity index (χ0v) is 37.2. The molecule has 3 atom stereocenters. The molecular weight excluding hydrogens is 669 g/mol. The van der Waals surface area contributed by atoms with E-state index in [0.29, 0.717) is 0 Å². The summed E-state index contributed by atoms with van der Waals surface area (Å²) in [4.78, 5) is 10.2. The zero-order chi connectivity index (χ0) is 35.4. The second kappa shape index (κ2) is 22.6. The van der Waals surface area contributed by atoms with Crippen molar-refractivity contribution in [3.63, 3.8) is 0 Å². The molecule has 0 aliphatic heterocycles. The van der Waals surface area contributed by atoms with Crippen molar-refractivity contribution in [3.05, 3.63) is 83.9 Å². The van der Waals surface area contributed by atoms with E-state index in [1.165, 1.54) is 31.2 Å². The van der Waals surface area contributed by atoms with E-state index in [0.717, 1.165) is 31.1 Å². The van der Waals surface area contributed by atoms with Gasteiger partial charge in [-0.1, -0.05) is 106 Å². The molecular formula is C35H66O5Si6. The fourth-order valence-electron chi connectivity index (χ4n) is 4.66. The van der Waals surface area contributed by atoms with Crippen LogP contribution in [0.1, 0.15) is 62.6 Å². The molecule has 2 aromatic rings. The second-order valence-electron chi connectivity index (χ2n) is 14.6. The van der Waals surface area contributed by atoms with Gasteiger partial charge in [-0.25, -0.2) is 0 Å². The lowest BCUT2D eigenvalue weighted by atomic mass is 10.1. The minimum Gasteiger partial charge on any atom is -0.453 e. The third kappa shape index (κ3) is 21.0. The van der Waals surface area contributed by atoms with Crippen LogP contribution >= 0.6 is 0 Å². The lowest BCUT2D eigenvalue weighted by molar-refractivity contribution is 0.357. The van der Waals surface area contributed by atoms with Gasteiger partial charge in [0, 0.05) is 5.54 Å². The summed E-state index contributed by atoms with van der Waals surface area (Å²) in [6.07, 6.45) is 11.5. The Balaban J connectivity index is 0.000000737. The van der Waals surface area contributed by atoms with E-state index in [1.807, 2.05) is 43.8 Å². The summed E-state index contributed by atoms with van der Waals surface area (Å²) in [6, 6.07) is 21.4. The fourth-order valence-corrected chi connectivity index (χ4v) is 22.3. The predicted octanol–water partition coefficient (Wildman–Crippen LogP) is 10.2. The highest BCUT2D eigenvalue weighted by Crippen LogP contribution is 2.24. The number of benzene rings is 2. The lowest BCUT2D eigenvalue weighted by Crippen LogP contribution is -2.51. The summed E-state index contributed by atoms with van der Waals surface area (Å²) < 4.78 is 35.8. The molecule has 0 spiro atoms. The third-order valence-electron chi connectivity index (χ3n) is 7.82. The average Bonchev–Trinajstić information content (AvgIpc) is 2.96. The van der Waals surface area contributed by atoms with Crippen LogP contribution in [0.15, 0.2) is 72.8 Å². The summed E-state index contributed by atoms with van der Waals surface area (Å²) in [5, 5.41) is 0. The van der Waals surface area contributed by atoms with Crippen LogP contribution in [-0.2, 0) is 23.9 Å². The van der Waals surface area contributed by atoms with Gasteiger partial charge in [0.25, 0.3) is 16.4 Å². The Morgan fingerprint density at radius 1 is 0.761 bits per heavy atom. The summed E-state index contributed by atoms with van der Waals surface area (Å²) in [6.45, 7) is 25.7. The number of unbranched alkanes of at least 4 members (excludes halogenated alkanes) is 3. The molecule has 0 bridgehead atoms. The van der Waals surface area contributed by atoms with Gasteiger partial charge in [0.05, 0.1) is 6.61 Å². The summed E-state index contributed by atoms with van der Waals surface area (Å²) in [5.41, 5.74) is 2.57. The van der Waals surface area contributed by atoms with E-state index in [-0.39, 0.29) is 5.54 Å². The molecule has 11 heteroatoms. The van der Waals surface area contributed by atoms with E-state index in [9.17, 15) is 13.7 Å². The standard InChI is InChI=1S/C16H38O3Si4.C10H16O2Si2.C9H12/c1-20(17)23(8,19-22(5,6)7)16-14-12-10-9-11-13-15-18-21(2,3)4;1-9(14(3,12)13(2)11)10-7-5-4-6-8-10;1-2-6-9-7-4-3-5-8-9/h11,13H,9-10,12,14-16H2,1-8H3;4-9,12H,1-3H3;3-5,7-8H,2,6H2,1H3/b13-11+;;. The highest BCUT2D eigenvalue weighted by molar-refractivity contribution is 7.25. The van der Waals surface area contributed by atoms with Crippen molar-refractivity contribution in [1.29, 1.82) is 0 Å². The van der Waals surface area contributed by atoms with Crippen molar-refractivity contribution in [3.8, 4) is 0 Å². The SMILES string of the molecule is CC(c1ccccc1)[Si](C)(O)[Si](C)=O.CCCc1ccccc1.C[Si](=O)[Si](C)(CCCCC/C=C/CO[Si](C)(C)C)O[Si](C)(C)C. The van der Waals surface area contributed by atoms with Gasteiger partial charge < -0.3 is 22.3 Å². The molecule has 3 unspecified atom stereocenters. The molecule has 0 aliphatic carbocycles. The summed E-state index contributed by atoms with van der Waals surface area (Å²) >= 11 is 0. The Morgan fingerprint density at radius 3 is 1.76 bits per heavy atom. The van der Waals surface area contributed by atoms with Crippen molar-refractivity contribution in [2.75, 3.05) is 6.61 Å². The van der Waals surface area contributed by atoms with Crippen molar-refractivity contribution in [2.45, 2.75) is 129 Å². The molecule has 2 aromatic carbocycles. The lowest BCUT2D eigenvalue weighted by Gasteiger charge is -2.32. The first-order chi connectivity index (χ1) is 21.2. The highest BCUT2D eigenvalue weighted by atomic mass is 29.2. The van der Waals surface area contributed by atoms with Crippen LogP contribution in [0.4, 0.5) is 0 Å². The largest absolute Gasteiger partial charge is 0.453 e. The Morgan fingerprint density at radius 2 is 1.30 bits per heavy atom. The minimum atomic E-state index is -2.58. The van der Waals surface area contributed by atoms with Gasteiger partial charge in [-0.3, -0.25) is 0 Å². The van der Waals surface area contributed by atoms with Crippen LogP contribution in [0.25, 0.3) is 0 Å². The maximum Gasteiger partial charge on any atom is 0.286 e. The molecule has 0 aliphatic rings. The Labute approximate surface area is 289 Å². The molecule has 5 nitrogen and oxygen atoms in total. The van der Waals surface area contributed by atoms with Crippen LogP contribution in [0, 0.1) is 0 Å². The molecule has 0 saturated carbocycles. The molecule has 260 valence electrons. The monoisotopic (exact) mass is 734 g/mol. The quantitative estimate of drug-likeness (QED) is 0.0995.